The molecule has 0 saturated heterocycles. The van der Waals surface area contributed by atoms with Crippen molar-refractivity contribution < 1.29 is 4.79 Å². The first-order valence-corrected chi connectivity index (χ1v) is 7.58. The van der Waals surface area contributed by atoms with Crippen LogP contribution in [-0.2, 0) is 6.42 Å². The molecule has 0 bridgehead atoms. The second-order valence-corrected chi connectivity index (χ2v) is 5.38. The van der Waals surface area contributed by atoms with Crippen molar-refractivity contribution in [1.29, 1.82) is 0 Å². The van der Waals surface area contributed by atoms with Gasteiger partial charge in [0.2, 0.25) is 0 Å². The van der Waals surface area contributed by atoms with Gasteiger partial charge in [0, 0.05) is 12.5 Å². The van der Waals surface area contributed by atoms with Crippen LogP contribution in [0, 0.1) is 0 Å². The highest BCUT2D eigenvalue weighted by molar-refractivity contribution is 6.33. The van der Waals surface area contributed by atoms with Crippen LogP contribution in [0.15, 0.2) is 30.5 Å². The highest BCUT2D eigenvalue weighted by Crippen LogP contribution is 2.23. The fourth-order valence-corrected chi connectivity index (χ4v) is 2.44. The molecule has 4 nitrogen and oxygen atoms in total. The maximum absolute atomic E-state index is 12.5. The molecular weight excluding hydrogens is 286 g/mol. The third-order valence-electron chi connectivity index (χ3n) is 3.58. The maximum Gasteiger partial charge on any atom is 0.273 e. The number of hydrogen-bond donors (Lipinski definition) is 1. The van der Waals surface area contributed by atoms with Gasteiger partial charge in [-0.1, -0.05) is 37.6 Å². The summed E-state index contributed by atoms with van der Waals surface area (Å²) >= 11 is 6.08. The van der Waals surface area contributed by atoms with E-state index in [9.17, 15) is 4.79 Å². The fraction of sp³-hybridized carbons (Fsp3) is 0.375. The van der Waals surface area contributed by atoms with Crippen LogP contribution in [0.5, 0.6) is 0 Å². The zero-order valence-corrected chi connectivity index (χ0v) is 13.3. The number of carbonyl (C=O) groups excluding carboxylic acids is 1. The molecule has 0 saturated carbocycles. The van der Waals surface area contributed by atoms with E-state index in [0.29, 0.717) is 16.4 Å². The minimum absolute atomic E-state index is 0.185. The third kappa shape index (κ3) is 3.27. The van der Waals surface area contributed by atoms with Crippen molar-refractivity contribution in [3.05, 3.63) is 47.0 Å². The molecular formula is C16H20ClN3O. The second kappa shape index (κ2) is 6.76. The van der Waals surface area contributed by atoms with E-state index in [1.165, 1.54) is 0 Å². The topological polar surface area (TPSA) is 46.9 Å². The number of aryl methyl sites for hydroxylation is 1. The third-order valence-corrected chi connectivity index (χ3v) is 3.91. The Labute approximate surface area is 130 Å². The van der Waals surface area contributed by atoms with Crippen molar-refractivity contribution in [3.8, 4) is 0 Å². The van der Waals surface area contributed by atoms with E-state index in [1.54, 1.807) is 18.3 Å². The zero-order valence-electron chi connectivity index (χ0n) is 12.6. The zero-order chi connectivity index (χ0) is 15.4. The Balaban J connectivity index is 2.32. The number of amides is 1. The Morgan fingerprint density at radius 1 is 1.38 bits per heavy atom. The lowest BCUT2D eigenvalue weighted by Gasteiger charge is -2.17. The van der Waals surface area contributed by atoms with Crippen LogP contribution >= 0.6 is 11.6 Å². The summed E-state index contributed by atoms with van der Waals surface area (Å²) in [6.07, 6.45) is 3.37. The standard InChI is InChI=1S/C16H20ClN3O/c1-4-11(3)20-14(10-18-15(20)5-2)16(21)19-13-9-7-6-8-12(13)17/h6-11H,4-5H2,1-3H3,(H,19,21)/t11-/m0/s1. The maximum atomic E-state index is 12.5. The predicted molar refractivity (Wildman–Crippen MR) is 86.0 cm³/mol. The lowest BCUT2D eigenvalue weighted by atomic mass is 10.2. The first-order valence-electron chi connectivity index (χ1n) is 7.20. The van der Waals surface area contributed by atoms with Gasteiger partial charge in [-0.3, -0.25) is 4.79 Å². The largest absolute Gasteiger partial charge is 0.321 e. The van der Waals surface area contributed by atoms with Gasteiger partial charge in [0.05, 0.1) is 16.9 Å². The van der Waals surface area contributed by atoms with Gasteiger partial charge in [-0.2, -0.15) is 0 Å². The highest BCUT2D eigenvalue weighted by atomic mass is 35.5. The highest BCUT2D eigenvalue weighted by Gasteiger charge is 2.19. The van der Waals surface area contributed by atoms with Crippen LogP contribution in [-0.4, -0.2) is 15.5 Å². The summed E-state index contributed by atoms with van der Waals surface area (Å²) in [5.41, 5.74) is 1.18. The van der Waals surface area contributed by atoms with E-state index in [4.69, 9.17) is 11.6 Å². The smallest absolute Gasteiger partial charge is 0.273 e. The van der Waals surface area contributed by atoms with E-state index in [-0.39, 0.29) is 11.9 Å². The van der Waals surface area contributed by atoms with E-state index < -0.39 is 0 Å². The molecule has 0 aliphatic rings. The van der Waals surface area contributed by atoms with Gasteiger partial charge in [0.1, 0.15) is 11.5 Å². The monoisotopic (exact) mass is 305 g/mol. The number of benzene rings is 1. The normalized spacial score (nSPS) is 12.2. The second-order valence-electron chi connectivity index (χ2n) is 4.97. The molecule has 0 aliphatic carbocycles. The summed E-state index contributed by atoms with van der Waals surface area (Å²) in [6.45, 7) is 6.23. The van der Waals surface area contributed by atoms with Crippen LogP contribution in [0.3, 0.4) is 0 Å². The van der Waals surface area contributed by atoms with Gasteiger partial charge >= 0.3 is 0 Å². The van der Waals surface area contributed by atoms with Crippen molar-refractivity contribution in [2.24, 2.45) is 0 Å². The average molecular weight is 306 g/mol. The first kappa shape index (κ1) is 15.6. The number of carbonyl (C=O) groups is 1. The molecule has 1 amide bonds. The van der Waals surface area contributed by atoms with Crippen molar-refractivity contribution >= 4 is 23.2 Å². The molecule has 5 heteroatoms. The summed E-state index contributed by atoms with van der Waals surface area (Å²) in [5, 5.41) is 3.38. The Morgan fingerprint density at radius 3 is 2.71 bits per heavy atom. The quantitative estimate of drug-likeness (QED) is 0.894. The Bertz CT molecular complexity index is 636. The van der Waals surface area contributed by atoms with Gasteiger partial charge in [-0.05, 0) is 25.5 Å². The van der Waals surface area contributed by atoms with Gasteiger partial charge in [0.15, 0.2) is 0 Å². The summed E-state index contributed by atoms with van der Waals surface area (Å²) < 4.78 is 2.01. The van der Waals surface area contributed by atoms with Crippen molar-refractivity contribution in [2.75, 3.05) is 5.32 Å². The predicted octanol–water partition coefficient (Wildman–Crippen LogP) is 4.32. The molecule has 0 spiro atoms. The molecule has 0 aliphatic heterocycles. The number of anilines is 1. The average Bonchev–Trinajstić information content (AvgIpc) is 2.92. The van der Waals surface area contributed by atoms with Crippen LogP contribution < -0.4 is 5.32 Å². The van der Waals surface area contributed by atoms with E-state index in [0.717, 1.165) is 18.7 Å². The van der Waals surface area contributed by atoms with Crippen LogP contribution in [0.25, 0.3) is 0 Å². The number of imidazole rings is 1. The van der Waals surface area contributed by atoms with E-state index >= 15 is 0 Å². The summed E-state index contributed by atoms with van der Waals surface area (Å²) in [6, 6.07) is 7.43. The number of halogens is 1. The molecule has 112 valence electrons. The van der Waals surface area contributed by atoms with Crippen molar-refractivity contribution in [3.63, 3.8) is 0 Å². The summed E-state index contributed by atoms with van der Waals surface area (Å²) in [4.78, 5) is 16.9. The SMILES string of the molecule is CCc1ncc(C(=O)Nc2ccccc2Cl)n1[C@@H](C)CC. The number of hydrogen-bond acceptors (Lipinski definition) is 2. The lowest BCUT2D eigenvalue weighted by molar-refractivity contribution is 0.101. The molecule has 0 unspecified atom stereocenters. The van der Waals surface area contributed by atoms with E-state index in [1.807, 2.05) is 23.6 Å². The summed E-state index contributed by atoms with van der Waals surface area (Å²) in [7, 11) is 0. The molecule has 1 aromatic heterocycles. The molecule has 1 N–H and O–H groups in total. The van der Waals surface area contributed by atoms with Gasteiger partial charge in [-0.25, -0.2) is 4.98 Å². The number of aromatic nitrogens is 2. The first-order chi connectivity index (χ1) is 10.1. The number of para-hydroxylation sites is 1. The molecule has 0 radical (unpaired) electrons. The Morgan fingerprint density at radius 2 is 2.10 bits per heavy atom. The Kier molecular flexibility index (Phi) is 5.02. The molecule has 21 heavy (non-hydrogen) atoms. The molecule has 1 atom stereocenters. The molecule has 2 aromatic rings. The van der Waals surface area contributed by atoms with Gasteiger partial charge < -0.3 is 9.88 Å². The summed E-state index contributed by atoms with van der Waals surface area (Å²) in [5.74, 6) is 0.740. The number of rotatable bonds is 5. The molecule has 2 rings (SSSR count). The van der Waals surface area contributed by atoms with Gasteiger partial charge in [-0.15, -0.1) is 0 Å². The minimum Gasteiger partial charge on any atom is -0.321 e. The van der Waals surface area contributed by atoms with Crippen molar-refractivity contribution in [2.45, 2.75) is 39.7 Å². The fourth-order valence-electron chi connectivity index (χ4n) is 2.25. The van der Waals surface area contributed by atoms with E-state index in [2.05, 4.69) is 24.1 Å². The molecule has 1 heterocycles. The van der Waals surface area contributed by atoms with Crippen LogP contribution in [0.1, 0.15) is 49.5 Å². The van der Waals surface area contributed by atoms with Crippen molar-refractivity contribution in [1.82, 2.24) is 9.55 Å². The lowest BCUT2D eigenvalue weighted by Crippen LogP contribution is -2.20. The minimum atomic E-state index is -0.185. The number of nitrogens with one attached hydrogen (secondary N) is 1. The molecule has 0 fully saturated rings. The number of nitrogens with zero attached hydrogens (tertiary/aromatic N) is 2. The van der Waals surface area contributed by atoms with Crippen LogP contribution in [0.2, 0.25) is 5.02 Å². The molecule has 1 aromatic carbocycles. The van der Waals surface area contributed by atoms with Crippen LogP contribution in [0.4, 0.5) is 5.69 Å². The Hall–Kier alpha value is -1.81. The van der Waals surface area contributed by atoms with Gasteiger partial charge in [0.25, 0.3) is 5.91 Å².